The molecule has 0 saturated carbocycles. The fourth-order valence-electron chi connectivity index (χ4n) is 4.24. The summed E-state index contributed by atoms with van der Waals surface area (Å²) in [7, 11) is 4.34. The molecule has 0 fully saturated rings. The molecule has 0 spiro atoms. The summed E-state index contributed by atoms with van der Waals surface area (Å²) in [5.41, 5.74) is -0.334. The first-order valence-corrected chi connectivity index (χ1v) is 14.9. The third-order valence-electron chi connectivity index (χ3n) is 6.72. The van der Waals surface area contributed by atoms with E-state index in [-0.39, 0.29) is 11.8 Å². The number of hydrogen-bond donors (Lipinski definition) is 3. The van der Waals surface area contributed by atoms with Gasteiger partial charge in [0.1, 0.15) is 17.1 Å². The summed E-state index contributed by atoms with van der Waals surface area (Å²) in [6, 6.07) is 17.7. The van der Waals surface area contributed by atoms with Gasteiger partial charge in [-0.05, 0) is 55.5 Å². The molecule has 0 heterocycles. The summed E-state index contributed by atoms with van der Waals surface area (Å²) >= 11 is 0.982. The monoisotopic (exact) mass is 683 g/mol. The lowest BCUT2D eigenvalue weighted by molar-refractivity contribution is -0.115. The molecule has 9 nitrogen and oxygen atoms in total. The number of carbonyl (C=O) groups excluding carboxylic acids is 3. The van der Waals surface area contributed by atoms with Crippen LogP contribution in [0, 0.1) is 23.3 Å². The van der Waals surface area contributed by atoms with Gasteiger partial charge >= 0.3 is 0 Å². The van der Waals surface area contributed by atoms with Crippen LogP contribution in [0.3, 0.4) is 0 Å². The highest BCUT2D eigenvalue weighted by Crippen LogP contribution is 2.36. The lowest BCUT2D eigenvalue weighted by atomic mass is 10.1. The number of halogens is 4. The van der Waals surface area contributed by atoms with Gasteiger partial charge in [0.25, 0.3) is 11.8 Å². The summed E-state index contributed by atoms with van der Waals surface area (Å²) in [6.07, 6.45) is 1.41. The smallest absolute Gasteiger partial charge is 0.272 e. The Labute approximate surface area is 277 Å². The Bertz CT molecular complexity index is 1830. The van der Waals surface area contributed by atoms with Crippen molar-refractivity contribution >= 4 is 46.9 Å². The van der Waals surface area contributed by atoms with E-state index in [4.69, 9.17) is 14.2 Å². The molecule has 0 aromatic heterocycles. The lowest BCUT2D eigenvalue weighted by Gasteiger charge is -2.15. The Kier molecular flexibility index (Phi) is 11.7. The topological polar surface area (TPSA) is 115 Å². The van der Waals surface area contributed by atoms with E-state index >= 15 is 0 Å². The highest BCUT2D eigenvalue weighted by Gasteiger charge is 2.24. The highest BCUT2D eigenvalue weighted by atomic mass is 32.2. The van der Waals surface area contributed by atoms with E-state index in [0.717, 1.165) is 11.8 Å². The molecule has 3 N–H and O–H groups in total. The summed E-state index contributed by atoms with van der Waals surface area (Å²) in [4.78, 5) is 39.7. The van der Waals surface area contributed by atoms with Crippen LogP contribution in [-0.2, 0) is 9.59 Å². The molecule has 0 bridgehead atoms. The van der Waals surface area contributed by atoms with Crippen molar-refractivity contribution in [1.29, 1.82) is 0 Å². The standard InChI is InChI=1S/C34H29F4N3O6S/c1-18(32(42)41-31-29(37)23(35)16-24(36)30(31)38)48-22-12-10-21(11-13-22)39-34(44)25(40-33(43)19-8-6-5-7-9-19)14-20-15-27(46-3)28(47-4)17-26(20)45-2/h5-18H,1-4H3,(H,39,44)(H,40,43)(H,41,42)/b25-14-. The lowest BCUT2D eigenvalue weighted by Crippen LogP contribution is -2.30. The van der Waals surface area contributed by atoms with Gasteiger partial charge in [0.2, 0.25) is 5.91 Å². The molecule has 4 aromatic carbocycles. The van der Waals surface area contributed by atoms with Crippen LogP contribution in [0.4, 0.5) is 28.9 Å². The van der Waals surface area contributed by atoms with Crippen LogP contribution in [0.2, 0.25) is 0 Å². The zero-order valence-electron chi connectivity index (χ0n) is 26.0. The van der Waals surface area contributed by atoms with Gasteiger partial charge in [0, 0.05) is 33.8 Å². The second kappa shape index (κ2) is 15.9. The molecular weight excluding hydrogens is 654 g/mol. The van der Waals surface area contributed by atoms with Crippen molar-refractivity contribution in [3.8, 4) is 17.2 Å². The predicted octanol–water partition coefficient (Wildman–Crippen LogP) is 6.80. The van der Waals surface area contributed by atoms with Crippen molar-refractivity contribution in [3.63, 3.8) is 0 Å². The fraction of sp³-hybridized carbons (Fsp3) is 0.147. The van der Waals surface area contributed by atoms with E-state index < -0.39 is 51.9 Å². The van der Waals surface area contributed by atoms with Crippen molar-refractivity contribution in [1.82, 2.24) is 5.32 Å². The molecule has 4 aromatic rings. The Morgan fingerprint density at radius 3 is 1.92 bits per heavy atom. The SMILES string of the molecule is COc1cc(OC)c(OC)cc1/C=C(\NC(=O)c1ccccc1)C(=O)Nc1ccc(SC(C)C(=O)Nc2c(F)c(F)cc(F)c2F)cc1. The zero-order valence-corrected chi connectivity index (χ0v) is 26.8. The number of methoxy groups -OCH3 is 3. The maximum Gasteiger partial charge on any atom is 0.272 e. The quantitative estimate of drug-likeness (QED) is 0.0652. The van der Waals surface area contributed by atoms with Crippen LogP contribution >= 0.6 is 11.8 Å². The Balaban J connectivity index is 1.53. The average Bonchev–Trinajstić information content (AvgIpc) is 3.09. The molecule has 1 atom stereocenters. The van der Waals surface area contributed by atoms with Crippen molar-refractivity contribution in [2.24, 2.45) is 0 Å². The van der Waals surface area contributed by atoms with Gasteiger partial charge in [-0.25, -0.2) is 17.6 Å². The zero-order chi connectivity index (χ0) is 35.0. The number of anilines is 2. The summed E-state index contributed by atoms with van der Waals surface area (Å²) < 4.78 is 71.2. The first-order chi connectivity index (χ1) is 22.9. The van der Waals surface area contributed by atoms with Gasteiger partial charge in [-0.1, -0.05) is 18.2 Å². The Morgan fingerprint density at radius 2 is 1.33 bits per heavy atom. The molecule has 0 aliphatic heterocycles. The van der Waals surface area contributed by atoms with Gasteiger partial charge in [0.15, 0.2) is 34.8 Å². The summed E-state index contributed by atoms with van der Waals surface area (Å²) in [5, 5.41) is 6.28. The van der Waals surface area contributed by atoms with Gasteiger partial charge in [0.05, 0.1) is 26.6 Å². The average molecular weight is 684 g/mol. The minimum atomic E-state index is -1.72. The van der Waals surface area contributed by atoms with Gasteiger partial charge in [-0.2, -0.15) is 0 Å². The molecule has 250 valence electrons. The van der Waals surface area contributed by atoms with E-state index in [1.807, 2.05) is 5.32 Å². The molecule has 3 amide bonds. The number of amides is 3. The molecule has 0 saturated heterocycles. The van der Waals surface area contributed by atoms with Crippen molar-refractivity contribution in [3.05, 3.63) is 113 Å². The Morgan fingerprint density at radius 1 is 0.750 bits per heavy atom. The highest BCUT2D eigenvalue weighted by molar-refractivity contribution is 8.00. The molecule has 0 aliphatic rings. The number of thioether (sulfide) groups is 1. The van der Waals surface area contributed by atoms with Crippen LogP contribution in [0.25, 0.3) is 6.08 Å². The normalized spacial score (nSPS) is 11.7. The first kappa shape index (κ1) is 35.4. The molecule has 14 heteroatoms. The van der Waals surface area contributed by atoms with Crippen molar-refractivity contribution < 1.29 is 46.2 Å². The number of benzene rings is 4. The van der Waals surface area contributed by atoms with Crippen molar-refractivity contribution in [2.45, 2.75) is 17.1 Å². The van der Waals surface area contributed by atoms with Crippen LogP contribution in [0.15, 0.2) is 83.4 Å². The fourth-order valence-corrected chi connectivity index (χ4v) is 5.11. The molecule has 0 aliphatic carbocycles. The second-order valence-corrected chi connectivity index (χ2v) is 11.3. The van der Waals surface area contributed by atoms with E-state index in [1.54, 1.807) is 54.6 Å². The first-order valence-electron chi connectivity index (χ1n) is 14.1. The van der Waals surface area contributed by atoms with Crippen LogP contribution in [-0.4, -0.2) is 44.3 Å². The van der Waals surface area contributed by atoms with Gasteiger partial charge in [-0.3, -0.25) is 14.4 Å². The van der Waals surface area contributed by atoms with Gasteiger partial charge in [-0.15, -0.1) is 11.8 Å². The number of hydrogen-bond acceptors (Lipinski definition) is 7. The minimum absolute atomic E-state index is 0.0435. The summed E-state index contributed by atoms with van der Waals surface area (Å²) in [6.45, 7) is 1.43. The number of nitrogens with one attached hydrogen (secondary N) is 3. The van der Waals surface area contributed by atoms with E-state index in [2.05, 4.69) is 10.6 Å². The second-order valence-electron chi connectivity index (χ2n) is 9.90. The molecule has 48 heavy (non-hydrogen) atoms. The van der Waals surface area contributed by atoms with Crippen LogP contribution in [0.1, 0.15) is 22.8 Å². The Hall–Kier alpha value is -5.50. The largest absolute Gasteiger partial charge is 0.496 e. The van der Waals surface area contributed by atoms with E-state index in [1.165, 1.54) is 46.5 Å². The van der Waals surface area contributed by atoms with E-state index in [9.17, 15) is 31.9 Å². The number of carbonyl (C=O) groups is 3. The van der Waals surface area contributed by atoms with Crippen molar-refractivity contribution in [2.75, 3.05) is 32.0 Å². The van der Waals surface area contributed by atoms with E-state index in [0.29, 0.717) is 39.0 Å². The maximum absolute atomic E-state index is 14.0. The number of ether oxygens (including phenoxy) is 3. The van der Waals surface area contributed by atoms with Crippen LogP contribution < -0.4 is 30.2 Å². The van der Waals surface area contributed by atoms with Gasteiger partial charge < -0.3 is 30.2 Å². The molecular formula is C34H29F4N3O6S. The minimum Gasteiger partial charge on any atom is -0.496 e. The third-order valence-corrected chi connectivity index (χ3v) is 7.83. The molecule has 1 unspecified atom stereocenters. The van der Waals surface area contributed by atoms with Crippen LogP contribution in [0.5, 0.6) is 17.2 Å². The predicted molar refractivity (Wildman–Crippen MR) is 173 cm³/mol. The third kappa shape index (κ3) is 8.45. The summed E-state index contributed by atoms with van der Waals surface area (Å²) in [5.74, 6) is -7.81. The molecule has 4 rings (SSSR count). The number of rotatable bonds is 12. The maximum atomic E-state index is 14.0. The molecule has 0 radical (unpaired) electrons.